The third kappa shape index (κ3) is 6.89. The van der Waals surface area contributed by atoms with Crippen LogP contribution in [0.5, 0.6) is 0 Å². The normalized spacial score (nSPS) is 26.1. The van der Waals surface area contributed by atoms with E-state index < -0.39 is 66.4 Å². The van der Waals surface area contributed by atoms with E-state index in [0.717, 1.165) is 45.3 Å². The summed E-state index contributed by atoms with van der Waals surface area (Å²) in [6.45, 7) is 3.58. The van der Waals surface area contributed by atoms with Gasteiger partial charge in [0, 0.05) is 61.6 Å². The van der Waals surface area contributed by atoms with E-state index in [1.54, 1.807) is 37.4 Å². The zero-order valence-electron chi connectivity index (χ0n) is 34.3. The number of carbonyl (C=O) groups excluding carboxylic acids is 5. The fraction of sp³-hybridized carbons (Fsp3) is 0.478. The summed E-state index contributed by atoms with van der Waals surface area (Å²) in [4.78, 5) is 71.4. The van der Waals surface area contributed by atoms with Gasteiger partial charge in [-0.05, 0) is 122 Å². The van der Waals surface area contributed by atoms with Crippen molar-refractivity contribution in [3.8, 4) is 0 Å². The molecule has 0 radical (unpaired) electrons. The van der Waals surface area contributed by atoms with Crippen molar-refractivity contribution in [1.29, 1.82) is 0 Å². The number of hydrogen-bond donors (Lipinski definition) is 2. The maximum absolute atomic E-state index is 16.3. The fourth-order valence-electron chi connectivity index (χ4n) is 11.3. The second-order valence-corrected chi connectivity index (χ2v) is 18.0. The van der Waals surface area contributed by atoms with Crippen molar-refractivity contribution in [3.63, 3.8) is 0 Å². The molecule has 2 saturated heterocycles. The van der Waals surface area contributed by atoms with Crippen LogP contribution in [-0.4, -0.2) is 104 Å². The Hall–Kier alpha value is -5.48. The van der Waals surface area contributed by atoms with Crippen LogP contribution in [-0.2, 0) is 33.9 Å². The van der Waals surface area contributed by atoms with Crippen LogP contribution in [0.25, 0.3) is 10.9 Å². The average molecular weight is 854 g/mol. The van der Waals surface area contributed by atoms with Gasteiger partial charge in [0.2, 0.25) is 17.7 Å². The maximum Gasteiger partial charge on any atom is 0.262 e. The molecule has 6 heterocycles. The van der Waals surface area contributed by atoms with Crippen LogP contribution in [0.15, 0.2) is 42.6 Å². The molecule has 5 amide bonds. The lowest BCUT2D eigenvalue weighted by molar-refractivity contribution is -0.138. The molecule has 10 rings (SSSR count). The molecule has 0 spiro atoms. The molecule has 2 N–H and O–H groups in total. The van der Waals surface area contributed by atoms with E-state index >= 15 is 8.78 Å². The first-order valence-electron chi connectivity index (χ1n) is 21.7. The van der Waals surface area contributed by atoms with Crippen molar-refractivity contribution in [2.45, 2.75) is 114 Å². The Labute approximate surface area is 355 Å². The number of rotatable bonds is 7. The molecule has 4 aromatic rings. The van der Waals surface area contributed by atoms with Gasteiger partial charge in [-0.1, -0.05) is 6.07 Å². The molecule has 324 valence electrons. The highest BCUT2D eigenvalue weighted by atomic mass is 19.3. The largest absolute Gasteiger partial charge is 0.342 e. The molecule has 1 aliphatic carbocycles. The van der Waals surface area contributed by atoms with Gasteiger partial charge in [0.1, 0.15) is 17.7 Å². The Morgan fingerprint density at radius 3 is 2.16 bits per heavy atom. The van der Waals surface area contributed by atoms with Gasteiger partial charge in [0.15, 0.2) is 0 Å². The van der Waals surface area contributed by atoms with Gasteiger partial charge in [-0.3, -0.25) is 49.1 Å². The summed E-state index contributed by atoms with van der Waals surface area (Å²) in [6.07, 6.45) is 3.49. The summed E-state index contributed by atoms with van der Waals surface area (Å²) in [5.41, 5.74) is 4.96. The number of amides is 5. The molecular formula is C46H47F4N7O5. The third-order valence-electron chi connectivity index (χ3n) is 14.5. The van der Waals surface area contributed by atoms with Crippen LogP contribution in [0.3, 0.4) is 0 Å². The standard InChI is InChI=1S/C46H47F4N7O5/c1-23-14-31-30(6-7-37-34(31)19-51-53-37)42(56(23)22-39(49)50)41-35(47)17-26(18-36(41)48)24-2-4-25(5-3-24)44(60)54-12-10-29(11-13-54)55-20-27-15-32-33(16-28(27)21-55)46(62)57(45(32)61)38-8-9-40(58)52-43(38)59/h6-7,15-19,23-25,29,38-39,42H,2-5,8-14,20-22H2,1H3,(H,51,53)(H,52,58,59)/t23-,24?,25?,38?,42+/m1/s1. The summed E-state index contributed by atoms with van der Waals surface area (Å²) in [5.74, 6) is -3.86. The SMILES string of the molecule is C[C@@H]1Cc2c(ccc3[nH]ncc23)[C@@H](c2c(F)cc(C3CCC(C(=O)N4CCC(N5Cc6cc7c(cc6C5)C(=O)N(C5CCC(=O)NC5=O)C7=O)CC4)CC3)cc2F)N1CC(F)F. The molecule has 12 nitrogen and oxygen atoms in total. The van der Waals surface area contributed by atoms with Gasteiger partial charge < -0.3 is 4.90 Å². The van der Waals surface area contributed by atoms with Crippen LogP contribution in [0, 0.1) is 17.6 Å². The van der Waals surface area contributed by atoms with Crippen molar-refractivity contribution in [3.05, 3.63) is 98.7 Å². The Morgan fingerprint density at radius 2 is 1.53 bits per heavy atom. The lowest BCUT2D eigenvalue weighted by atomic mass is 9.77. The van der Waals surface area contributed by atoms with E-state index in [9.17, 15) is 32.8 Å². The number of likely N-dealkylation sites (tertiary alicyclic amines) is 1. The maximum atomic E-state index is 16.3. The fourth-order valence-corrected chi connectivity index (χ4v) is 11.3. The van der Waals surface area contributed by atoms with Gasteiger partial charge >= 0.3 is 0 Å². The number of aromatic nitrogens is 2. The predicted molar refractivity (Wildman–Crippen MR) is 217 cm³/mol. The van der Waals surface area contributed by atoms with Crippen LogP contribution in [0.1, 0.15) is 124 Å². The molecule has 3 atom stereocenters. The molecule has 3 aromatic carbocycles. The highest BCUT2D eigenvalue weighted by molar-refractivity contribution is 6.23. The second-order valence-electron chi connectivity index (χ2n) is 18.0. The number of imide groups is 2. The smallest absolute Gasteiger partial charge is 0.262 e. The van der Waals surface area contributed by atoms with Crippen LogP contribution in [0.4, 0.5) is 17.6 Å². The Kier molecular flexibility index (Phi) is 10.3. The molecule has 62 heavy (non-hydrogen) atoms. The minimum atomic E-state index is -2.69. The number of carbonyl (C=O) groups is 5. The quantitative estimate of drug-likeness (QED) is 0.168. The van der Waals surface area contributed by atoms with E-state index in [4.69, 9.17) is 0 Å². The monoisotopic (exact) mass is 853 g/mol. The number of hydrogen-bond acceptors (Lipinski definition) is 8. The molecule has 6 aliphatic rings. The van der Waals surface area contributed by atoms with Crippen LogP contribution < -0.4 is 5.32 Å². The van der Waals surface area contributed by atoms with E-state index in [0.29, 0.717) is 69.4 Å². The summed E-state index contributed by atoms with van der Waals surface area (Å²) in [5, 5.41) is 10.1. The number of piperidine rings is 2. The first kappa shape index (κ1) is 40.6. The molecular weight excluding hydrogens is 807 g/mol. The first-order valence-corrected chi connectivity index (χ1v) is 21.7. The number of halogens is 4. The molecule has 0 bridgehead atoms. The molecule has 1 aromatic heterocycles. The first-order chi connectivity index (χ1) is 29.8. The zero-order chi connectivity index (χ0) is 43.1. The molecule has 16 heteroatoms. The highest BCUT2D eigenvalue weighted by Gasteiger charge is 2.46. The molecule has 3 fully saturated rings. The van der Waals surface area contributed by atoms with Crippen LogP contribution in [0.2, 0.25) is 0 Å². The number of alkyl halides is 2. The average Bonchev–Trinajstić information content (AvgIpc) is 3.97. The van der Waals surface area contributed by atoms with E-state index in [-0.39, 0.29) is 53.3 Å². The second kappa shape index (κ2) is 15.7. The highest BCUT2D eigenvalue weighted by Crippen LogP contribution is 2.45. The number of aromatic amines is 1. The van der Waals surface area contributed by atoms with Crippen molar-refractivity contribution in [2.75, 3.05) is 19.6 Å². The number of fused-ring (bicyclic) bond motifs is 5. The van der Waals surface area contributed by atoms with Gasteiger partial charge in [0.25, 0.3) is 18.2 Å². The number of nitrogens with zero attached hydrogens (tertiary/aromatic N) is 5. The van der Waals surface area contributed by atoms with Crippen molar-refractivity contribution < 1.29 is 41.5 Å². The lowest BCUT2D eigenvalue weighted by Crippen LogP contribution is -2.54. The number of nitrogens with one attached hydrogen (secondary N) is 2. The lowest BCUT2D eigenvalue weighted by Gasteiger charge is -2.42. The Balaban J connectivity index is 0.757. The minimum absolute atomic E-state index is 0.0604. The number of H-pyrrole nitrogens is 1. The molecule has 5 aliphatic heterocycles. The van der Waals surface area contributed by atoms with Crippen molar-refractivity contribution in [2.24, 2.45) is 5.92 Å². The van der Waals surface area contributed by atoms with E-state index in [1.807, 2.05) is 4.90 Å². The minimum Gasteiger partial charge on any atom is -0.342 e. The van der Waals surface area contributed by atoms with Gasteiger partial charge in [-0.2, -0.15) is 5.10 Å². The van der Waals surface area contributed by atoms with E-state index in [1.165, 1.54) is 17.0 Å². The summed E-state index contributed by atoms with van der Waals surface area (Å²) in [6, 6.07) is 7.54. The molecule has 1 unspecified atom stereocenters. The van der Waals surface area contributed by atoms with E-state index in [2.05, 4.69) is 20.4 Å². The Bertz CT molecular complexity index is 2460. The van der Waals surface area contributed by atoms with Gasteiger partial charge in [0.05, 0.1) is 35.4 Å². The zero-order valence-corrected chi connectivity index (χ0v) is 34.3. The van der Waals surface area contributed by atoms with Crippen molar-refractivity contribution >= 4 is 40.4 Å². The summed E-state index contributed by atoms with van der Waals surface area (Å²) in [7, 11) is 0. The third-order valence-corrected chi connectivity index (χ3v) is 14.5. The van der Waals surface area contributed by atoms with Gasteiger partial charge in [-0.25, -0.2) is 17.6 Å². The summed E-state index contributed by atoms with van der Waals surface area (Å²) < 4.78 is 60.4. The number of benzene rings is 3. The van der Waals surface area contributed by atoms with Gasteiger partial charge in [-0.15, -0.1) is 0 Å². The topological polar surface area (TPSA) is 139 Å². The Morgan fingerprint density at radius 1 is 0.871 bits per heavy atom. The van der Waals surface area contributed by atoms with Crippen molar-refractivity contribution in [1.82, 2.24) is 35.1 Å². The summed E-state index contributed by atoms with van der Waals surface area (Å²) >= 11 is 0. The molecule has 1 saturated carbocycles. The predicted octanol–water partition coefficient (Wildman–Crippen LogP) is 6.12. The van der Waals surface area contributed by atoms with Crippen LogP contribution >= 0.6 is 0 Å².